The second kappa shape index (κ2) is 5.13. The Balaban J connectivity index is 1.74. The fourth-order valence-electron chi connectivity index (χ4n) is 3.58. The van der Waals surface area contributed by atoms with Crippen molar-refractivity contribution < 1.29 is 9.53 Å². The monoisotopic (exact) mass is 307 g/mol. The lowest BCUT2D eigenvalue weighted by atomic mass is 9.80. The van der Waals surface area contributed by atoms with E-state index in [1.807, 2.05) is 4.90 Å². The van der Waals surface area contributed by atoms with Gasteiger partial charge >= 0.3 is 0 Å². The topological polar surface area (TPSA) is 55.3 Å². The number of halogens is 1. The fraction of sp³-hybridized carbons (Fsp3) is 0.667. The first-order chi connectivity index (χ1) is 10.2. The highest BCUT2D eigenvalue weighted by Crippen LogP contribution is 2.42. The maximum Gasteiger partial charge on any atom is 0.269 e. The Bertz CT molecular complexity index is 570. The molecule has 2 heterocycles. The van der Waals surface area contributed by atoms with Crippen LogP contribution in [0, 0.1) is 5.92 Å². The quantitative estimate of drug-likeness (QED) is 0.788. The van der Waals surface area contributed by atoms with Gasteiger partial charge in [-0.3, -0.25) is 9.69 Å². The van der Waals surface area contributed by atoms with E-state index in [2.05, 4.69) is 9.97 Å². The molecular formula is C15H18ClN3O2. The summed E-state index contributed by atoms with van der Waals surface area (Å²) in [6.07, 6.45) is 8.95. The second-order valence-corrected chi connectivity index (χ2v) is 6.54. The summed E-state index contributed by atoms with van der Waals surface area (Å²) in [4.78, 5) is 23.0. The van der Waals surface area contributed by atoms with Crippen molar-refractivity contribution in [2.75, 3.05) is 4.90 Å². The third-order valence-electron chi connectivity index (χ3n) is 4.94. The van der Waals surface area contributed by atoms with Crippen LogP contribution in [-0.2, 0) is 4.79 Å². The van der Waals surface area contributed by atoms with Crippen LogP contribution >= 0.6 is 11.6 Å². The van der Waals surface area contributed by atoms with Crippen LogP contribution in [0.1, 0.15) is 44.9 Å². The molecule has 4 rings (SSSR count). The van der Waals surface area contributed by atoms with Crippen LogP contribution < -0.4 is 9.64 Å². The molecule has 21 heavy (non-hydrogen) atoms. The van der Waals surface area contributed by atoms with Gasteiger partial charge < -0.3 is 4.74 Å². The molecule has 2 saturated carbocycles. The first-order valence-electron chi connectivity index (χ1n) is 7.76. The number of nitrogens with zero attached hydrogens (tertiary/aromatic N) is 3. The molecule has 6 heteroatoms. The minimum atomic E-state index is -0.364. The molecular weight excluding hydrogens is 290 g/mol. The van der Waals surface area contributed by atoms with Gasteiger partial charge in [-0.05, 0) is 37.3 Å². The van der Waals surface area contributed by atoms with Gasteiger partial charge in [0.1, 0.15) is 0 Å². The van der Waals surface area contributed by atoms with Crippen LogP contribution in [-0.4, -0.2) is 28.0 Å². The highest BCUT2D eigenvalue weighted by Gasteiger charge is 2.45. The molecule has 1 aromatic rings. The van der Waals surface area contributed by atoms with E-state index in [4.69, 9.17) is 16.3 Å². The van der Waals surface area contributed by atoms with Gasteiger partial charge in [0.15, 0.2) is 17.7 Å². The molecule has 0 saturated heterocycles. The SMILES string of the molecule is O=C1C(C2CCC2)Oc2cnc(Cl)nc2N1C1CCCC1. The number of rotatable bonds is 2. The number of carbonyl (C=O) groups excluding carboxylic acids is 1. The number of aromatic nitrogens is 2. The normalized spacial score (nSPS) is 26.4. The first kappa shape index (κ1) is 13.3. The molecule has 3 aliphatic rings. The van der Waals surface area contributed by atoms with Crippen molar-refractivity contribution >= 4 is 23.3 Å². The number of fused-ring (bicyclic) bond motifs is 1. The third-order valence-corrected chi connectivity index (χ3v) is 5.12. The van der Waals surface area contributed by atoms with Crippen LogP contribution in [0.25, 0.3) is 0 Å². The number of ether oxygens (including phenoxy) is 1. The van der Waals surface area contributed by atoms with Crippen molar-refractivity contribution in [1.29, 1.82) is 0 Å². The number of amides is 1. The molecule has 1 atom stereocenters. The lowest BCUT2D eigenvalue weighted by Gasteiger charge is -2.41. The number of anilines is 1. The number of carbonyl (C=O) groups is 1. The van der Waals surface area contributed by atoms with Gasteiger partial charge in [0.2, 0.25) is 5.28 Å². The van der Waals surface area contributed by atoms with Gasteiger partial charge in [-0.2, -0.15) is 4.98 Å². The predicted octanol–water partition coefficient (Wildman–Crippen LogP) is 2.97. The Kier molecular flexibility index (Phi) is 3.25. The molecule has 2 aliphatic carbocycles. The van der Waals surface area contributed by atoms with E-state index < -0.39 is 0 Å². The van der Waals surface area contributed by atoms with Crippen molar-refractivity contribution in [2.24, 2.45) is 5.92 Å². The summed E-state index contributed by atoms with van der Waals surface area (Å²) < 4.78 is 5.92. The van der Waals surface area contributed by atoms with Crippen molar-refractivity contribution in [3.8, 4) is 5.75 Å². The van der Waals surface area contributed by atoms with Gasteiger partial charge in [-0.25, -0.2) is 4.98 Å². The molecule has 0 spiro atoms. The van der Waals surface area contributed by atoms with E-state index >= 15 is 0 Å². The molecule has 0 radical (unpaired) electrons. The van der Waals surface area contributed by atoms with Crippen molar-refractivity contribution in [3.05, 3.63) is 11.5 Å². The molecule has 1 aromatic heterocycles. The minimum absolute atomic E-state index is 0.0638. The van der Waals surface area contributed by atoms with E-state index in [-0.39, 0.29) is 23.3 Å². The highest BCUT2D eigenvalue weighted by atomic mass is 35.5. The Morgan fingerprint density at radius 2 is 1.95 bits per heavy atom. The van der Waals surface area contributed by atoms with E-state index in [9.17, 15) is 4.79 Å². The van der Waals surface area contributed by atoms with Crippen LogP contribution in [0.3, 0.4) is 0 Å². The van der Waals surface area contributed by atoms with Crippen molar-refractivity contribution in [1.82, 2.24) is 9.97 Å². The number of hydrogen-bond donors (Lipinski definition) is 0. The van der Waals surface area contributed by atoms with Gasteiger partial charge in [0.25, 0.3) is 5.91 Å². The van der Waals surface area contributed by atoms with Crippen molar-refractivity contribution in [3.63, 3.8) is 0 Å². The zero-order valence-corrected chi connectivity index (χ0v) is 12.6. The zero-order chi connectivity index (χ0) is 14.4. The molecule has 2 fully saturated rings. The summed E-state index contributed by atoms with van der Waals surface area (Å²) in [7, 11) is 0. The van der Waals surface area contributed by atoms with Gasteiger partial charge in [-0.1, -0.05) is 19.3 Å². The van der Waals surface area contributed by atoms with Crippen LogP contribution in [0.4, 0.5) is 5.82 Å². The summed E-state index contributed by atoms with van der Waals surface area (Å²) in [6.45, 7) is 0. The van der Waals surface area contributed by atoms with Crippen LogP contribution in [0.15, 0.2) is 6.20 Å². The molecule has 0 aromatic carbocycles. The molecule has 1 unspecified atom stereocenters. The molecule has 5 nitrogen and oxygen atoms in total. The van der Waals surface area contributed by atoms with Crippen molar-refractivity contribution in [2.45, 2.75) is 57.1 Å². The van der Waals surface area contributed by atoms with Crippen LogP contribution in [0.2, 0.25) is 5.28 Å². The standard InChI is InChI=1S/C15H18ClN3O2/c16-15-17-8-11-13(18-15)19(10-6-1-2-7-10)14(20)12(21-11)9-4-3-5-9/h8-10,12H,1-7H2. The lowest BCUT2D eigenvalue weighted by Crippen LogP contribution is -2.54. The Labute approximate surface area is 128 Å². The predicted molar refractivity (Wildman–Crippen MR) is 78.5 cm³/mol. The summed E-state index contributed by atoms with van der Waals surface area (Å²) in [5, 5.41) is 0.162. The van der Waals surface area contributed by atoms with Gasteiger partial charge in [0, 0.05) is 12.0 Å². The summed E-state index contributed by atoms with van der Waals surface area (Å²) in [5.41, 5.74) is 0. The summed E-state index contributed by atoms with van der Waals surface area (Å²) in [6, 6.07) is 0.230. The van der Waals surface area contributed by atoms with Gasteiger partial charge in [0.05, 0.1) is 6.20 Å². The molecule has 1 aliphatic heterocycles. The molecule has 0 bridgehead atoms. The Morgan fingerprint density at radius 3 is 2.62 bits per heavy atom. The molecule has 0 N–H and O–H groups in total. The maximum atomic E-state index is 12.9. The van der Waals surface area contributed by atoms with Crippen LogP contribution in [0.5, 0.6) is 5.75 Å². The highest BCUT2D eigenvalue weighted by molar-refractivity contribution is 6.28. The maximum absolute atomic E-state index is 12.9. The summed E-state index contributed by atoms with van der Waals surface area (Å²) >= 11 is 5.92. The fourth-order valence-corrected chi connectivity index (χ4v) is 3.71. The number of hydrogen-bond acceptors (Lipinski definition) is 4. The van der Waals surface area contributed by atoms with E-state index in [0.717, 1.165) is 38.5 Å². The largest absolute Gasteiger partial charge is 0.475 e. The average Bonchev–Trinajstić information content (AvgIpc) is 2.92. The Hall–Kier alpha value is -1.36. The third kappa shape index (κ3) is 2.18. The first-order valence-corrected chi connectivity index (χ1v) is 8.14. The second-order valence-electron chi connectivity index (χ2n) is 6.20. The summed E-state index contributed by atoms with van der Waals surface area (Å²) in [5.74, 6) is 1.56. The van der Waals surface area contributed by atoms with E-state index in [1.54, 1.807) is 6.20 Å². The molecule has 1 amide bonds. The van der Waals surface area contributed by atoms with Gasteiger partial charge in [-0.15, -0.1) is 0 Å². The minimum Gasteiger partial charge on any atom is -0.475 e. The Morgan fingerprint density at radius 1 is 1.19 bits per heavy atom. The lowest BCUT2D eigenvalue weighted by molar-refractivity contribution is -0.131. The van der Waals surface area contributed by atoms with E-state index in [1.165, 1.54) is 6.42 Å². The smallest absolute Gasteiger partial charge is 0.269 e. The molecule has 112 valence electrons. The van der Waals surface area contributed by atoms with E-state index in [0.29, 0.717) is 17.5 Å². The zero-order valence-electron chi connectivity index (χ0n) is 11.8. The average molecular weight is 308 g/mol.